The van der Waals surface area contributed by atoms with Gasteiger partial charge in [-0.15, -0.1) is 0 Å². The summed E-state index contributed by atoms with van der Waals surface area (Å²) in [5.74, 6) is 1.70. The largest absolute Gasteiger partial charge is 1.00 e. The smallest absolute Gasteiger partial charge is 0.127 e. The molecule has 1 aliphatic carbocycles. The number of halogens is 4. The zero-order valence-electron chi connectivity index (χ0n) is 48.0. The van der Waals surface area contributed by atoms with Gasteiger partial charge in [-0.2, -0.15) is 0 Å². The monoisotopic (exact) mass is 1450 g/mol. The van der Waals surface area contributed by atoms with E-state index in [0.717, 1.165) is 47.9 Å². The van der Waals surface area contributed by atoms with E-state index < -0.39 is 0 Å². The molecular weight excluding hydrogens is 1340 g/mol. The average Bonchev–Trinajstić information content (AvgIpc) is 3.35. The van der Waals surface area contributed by atoms with E-state index in [-0.39, 0.29) is 108 Å². The Labute approximate surface area is 514 Å². The van der Waals surface area contributed by atoms with Gasteiger partial charge in [0.25, 0.3) is 0 Å². The molecule has 0 heterocycles. The quantitative estimate of drug-likeness (QED) is 0.0558. The van der Waals surface area contributed by atoms with Crippen molar-refractivity contribution in [3.8, 4) is 11.5 Å². The molecule has 1 saturated carbocycles. The highest BCUT2D eigenvalue weighted by Gasteiger charge is 2.29. The third-order valence-electron chi connectivity index (χ3n) is 16.2. The van der Waals surface area contributed by atoms with Crippen LogP contribution in [-0.2, 0) is 0 Å². The first-order valence-corrected chi connectivity index (χ1v) is 29.4. The van der Waals surface area contributed by atoms with Crippen LogP contribution in [0.25, 0.3) is 0 Å². The second-order valence-corrected chi connectivity index (χ2v) is 22.1. The summed E-state index contributed by atoms with van der Waals surface area (Å²) in [4.78, 5) is 10.5. The maximum Gasteiger partial charge on any atom is 0.127 e. The van der Waals surface area contributed by atoms with E-state index in [4.69, 9.17) is 9.98 Å². The fourth-order valence-electron chi connectivity index (χ4n) is 11.6. The minimum atomic E-state index is 0. The Hall–Kier alpha value is 0.220. The lowest BCUT2D eigenvalue weighted by Gasteiger charge is -2.40. The first-order valence-electron chi connectivity index (χ1n) is 29.4. The van der Waals surface area contributed by atoms with Gasteiger partial charge in [0.1, 0.15) is 11.5 Å². The summed E-state index contributed by atoms with van der Waals surface area (Å²) in [6.45, 7) is 33.4. The molecule has 0 unspecified atom stereocenters. The highest BCUT2D eigenvalue weighted by Crippen LogP contribution is 2.36. The minimum absolute atomic E-state index is 0. The molecule has 3 rings (SSSR count). The maximum absolute atomic E-state index is 11.7. The minimum Gasteiger partial charge on any atom is -1.00 e. The molecule has 0 aromatic heterocycles. The Morgan fingerprint density at radius 2 is 0.694 bits per heavy atom. The Morgan fingerprint density at radius 3 is 0.972 bits per heavy atom. The lowest BCUT2D eigenvalue weighted by Crippen LogP contribution is -3.00. The van der Waals surface area contributed by atoms with E-state index in [2.05, 4.69) is 86.6 Å². The summed E-state index contributed by atoms with van der Waals surface area (Å²) >= 11 is 0. The van der Waals surface area contributed by atoms with E-state index in [9.17, 15) is 10.2 Å². The van der Waals surface area contributed by atoms with Gasteiger partial charge in [-0.05, 0) is 150 Å². The molecule has 0 saturated heterocycles. The van der Waals surface area contributed by atoms with Crippen molar-refractivity contribution < 1.29 is 115 Å². The molecule has 0 bridgehead atoms. The van der Waals surface area contributed by atoms with E-state index in [1.54, 1.807) is 0 Å². The van der Waals surface area contributed by atoms with E-state index in [0.29, 0.717) is 23.3 Å². The number of hydrogen-bond donors (Lipinski definition) is 2. The number of aliphatic imine (C=N–C) groups is 2. The zero-order chi connectivity index (χ0) is 49.6. The van der Waals surface area contributed by atoms with Gasteiger partial charge in [0.15, 0.2) is 0 Å². The SMILES string of the molecule is CCCCC(CCCC)c1cc(C)c(O)c(C=N[C@H]2CCCC[C@@H]2N=Cc2cc(C(CCC[N+](CCCC)(CCCC)CCCC)CCC[N+](CCCC)(CCCC)CCCC)cc(C)c2O)c1.[I-].[I-].[I-].[I-]. The number of phenolic OH excluding ortho intramolecular Hbond substituents is 2. The van der Waals surface area contributed by atoms with Crippen molar-refractivity contribution in [3.05, 3.63) is 57.6 Å². The number of unbranched alkanes of at least 4 members (excludes halogenated alkanes) is 8. The van der Waals surface area contributed by atoms with Crippen LogP contribution in [0.3, 0.4) is 0 Å². The standard InChI is InChI=1S/C62H108N4O2.4HI/c1-11-19-31-53(32-20-12-2)55-45-51(9)61(67)57(47-55)49-63-59-35-27-28-36-60(59)64-50-58-48-56(46-52(10)62(58)68)54(33-29-43-65(37-21-13-3,38-22-14-4)39-23-15-5)34-30-44-66(40-24-16-6,41-25-17-7)42-26-18-8;;;;/h45-50,53-54,59-60H,11-44H2,1-10H3;4*1H/p-2/t59-,60-;;;;/m0..../s1. The molecule has 1 aliphatic rings. The first kappa shape index (κ1) is 74.3. The second kappa shape index (κ2) is 43.1. The molecule has 2 atom stereocenters. The van der Waals surface area contributed by atoms with Crippen molar-refractivity contribution in [2.75, 3.05) is 52.4 Å². The molecule has 0 amide bonds. The van der Waals surface area contributed by atoms with Gasteiger partial charge in [-0.25, -0.2) is 0 Å². The summed E-state index contributed by atoms with van der Waals surface area (Å²) in [6.07, 6.45) is 36.0. The van der Waals surface area contributed by atoms with Crippen molar-refractivity contribution in [1.29, 1.82) is 0 Å². The number of hydrogen-bond acceptors (Lipinski definition) is 4. The summed E-state index contributed by atoms with van der Waals surface area (Å²) in [7, 11) is 0. The molecule has 420 valence electrons. The number of phenols is 2. The van der Waals surface area contributed by atoms with E-state index in [1.807, 2.05) is 19.4 Å². The van der Waals surface area contributed by atoms with Gasteiger partial charge in [0, 0.05) is 23.6 Å². The van der Waals surface area contributed by atoms with Crippen LogP contribution in [0.1, 0.15) is 268 Å². The van der Waals surface area contributed by atoms with Gasteiger partial charge in [-0.3, -0.25) is 9.98 Å². The molecule has 2 N–H and O–H groups in total. The lowest BCUT2D eigenvalue weighted by molar-refractivity contribution is -0.929. The van der Waals surface area contributed by atoms with Crippen LogP contribution in [0.5, 0.6) is 11.5 Å². The van der Waals surface area contributed by atoms with Crippen LogP contribution in [0.2, 0.25) is 0 Å². The number of aryl methyl sites for hydroxylation is 2. The van der Waals surface area contributed by atoms with Gasteiger partial charge in [0.05, 0.1) is 64.4 Å². The lowest BCUT2D eigenvalue weighted by atomic mass is 9.87. The van der Waals surface area contributed by atoms with E-state index >= 15 is 0 Å². The van der Waals surface area contributed by atoms with Crippen molar-refractivity contribution in [3.63, 3.8) is 0 Å². The molecule has 0 spiro atoms. The van der Waals surface area contributed by atoms with Crippen LogP contribution in [-0.4, -0.2) is 96.1 Å². The van der Waals surface area contributed by atoms with Crippen molar-refractivity contribution in [2.45, 2.75) is 260 Å². The van der Waals surface area contributed by atoms with Crippen molar-refractivity contribution in [1.82, 2.24) is 0 Å². The number of rotatable bonds is 38. The highest BCUT2D eigenvalue weighted by molar-refractivity contribution is 5.86. The Morgan fingerprint density at radius 1 is 0.431 bits per heavy atom. The molecule has 0 aliphatic heterocycles. The van der Waals surface area contributed by atoms with Crippen LogP contribution in [0, 0.1) is 13.8 Å². The normalized spacial score (nSPS) is 15.2. The van der Waals surface area contributed by atoms with Crippen molar-refractivity contribution >= 4 is 12.4 Å². The van der Waals surface area contributed by atoms with Gasteiger partial charge >= 0.3 is 0 Å². The predicted octanol–water partition coefficient (Wildman–Crippen LogP) is 5.12. The number of quaternary nitrogens is 2. The fraction of sp³-hybridized carbons (Fsp3) is 0.774. The molecular formula is C62H110I4N4O2-2. The third-order valence-corrected chi connectivity index (χ3v) is 16.2. The number of aromatic hydroxyl groups is 2. The van der Waals surface area contributed by atoms with Crippen LogP contribution < -0.4 is 95.9 Å². The van der Waals surface area contributed by atoms with E-state index in [1.165, 1.54) is 214 Å². The van der Waals surface area contributed by atoms with Gasteiger partial charge in [0.2, 0.25) is 0 Å². The Kier molecular flexibility index (Phi) is 44.5. The molecule has 1 fully saturated rings. The Bertz CT molecular complexity index is 1630. The maximum atomic E-state index is 11.7. The fourth-order valence-corrected chi connectivity index (χ4v) is 11.6. The molecule has 6 nitrogen and oxygen atoms in total. The van der Waals surface area contributed by atoms with Crippen LogP contribution in [0.4, 0.5) is 0 Å². The second-order valence-electron chi connectivity index (χ2n) is 22.1. The van der Waals surface area contributed by atoms with Gasteiger partial charge in [-0.1, -0.05) is 145 Å². The highest BCUT2D eigenvalue weighted by atomic mass is 127. The molecule has 10 heteroatoms. The molecule has 72 heavy (non-hydrogen) atoms. The van der Waals surface area contributed by atoms with Crippen LogP contribution >= 0.6 is 0 Å². The van der Waals surface area contributed by atoms with Crippen molar-refractivity contribution in [2.24, 2.45) is 9.98 Å². The topological polar surface area (TPSA) is 65.2 Å². The molecule has 0 radical (unpaired) electrons. The number of benzene rings is 2. The van der Waals surface area contributed by atoms with Crippen LogP contribution in [0.15, 0.2) is 34.3 Å². The number of nitrogens with zero attached hydrogens (tertiary/aromatic N) is 4. The average molecular weight is 1450 g/mol. The summed E-state index contributed by atoms with van der Waals surface area (Å²) in [5.41, 5.74) is 6.35. The summed E-state index contributed by atoms with van der Waals surface area (Å²) in [5, 5.41) is 23.0. The molecule has 2 aromatic carbocycles. The Balaban J connectivity index is 0. The van der Waals surface area contributed by atoms with Gasteiger partial charge < -0.3 is 115 Å². The summed E-state index contributed by atoms with van der Waals surface area (Å²) < 4.78 is 2.60. The first-order chi connectivity index (χ1) is 33.0. The third kappa shape index (κ3) is 26.2. The molecule has 2 aromatic rings. The summed E-state index contributed by atoms with van der Waals surface area (Å²) in [6, 6.07) is 9.17. The predicted molar refractivity (Wildman–Crippen MR) is 299 cm³/mol. The zero-order valence-corrected chi connectivity index (χ0v) is 56.6.